The molecule has 2 amide bonds. The van der Waals surface area contributed by atoms with Crippen molar-refractivity contribution in [2.75, 3.05) is 13.2 Å². The predicted molar refractivity (Wildman–Crippen MR) is 427 cm³/mol. The highest BCUT2D eigenvalue weighted by molar-refractivity contribution is 5.90. The molecule has 0 radical (unpaired) electrons. The monoisotopic (exact) mass is 1650 g/mol. The zero-order valence-corrected chi connectivity index (χ0v) is 72.5. The van der Waals surface area contributed by atoms with Gasteiger partial charge >= 0.3 is 48.0 Å². The molecule has 0 unspecified atom stereocenters. The molecule has 8 fully saturated rings. The highest BCUT2D eigenvalue weighted by Gasteiger charge is 2.81. The van der Waals surface area contributed by atoms with Gasteiger partial charge in [-0.3, -0.25) is 9.59 Å². The summed E-state index contributed by atoms with van der Waals surface area (Å²) in [6.45, 7) is 47.3. The summed E-state index contributed by atoms with van der Waals surface area (Å²) in [5.74, 6) is -7.71. The average molecular weight is 1650 g/mol. The topological polar surface area (TPSA) is 371 Å². The van der Waals surface area contributed by atoms with E-state index in [0.29, 0.717) is 35.1 Å². The number of fused-ring (bicyclic) bond motifs is 8. The molecule has 0 aromatic heterocycles. The van der Waals surface area contributed by atoms with Gasteiger partial charge in [0.2, 0.25) is 0 Å². The number of carbonyl (C=O) groups excluding carboxylic acids is 8. The van der Waals surface area contributed by atoms with Gasteiger partial charge in [-0.2, -0.15) is 0 Å². The lowest BCUT2D eigenvalue weighted by molar-refractivity contribution is -0.403. The van der Waals surface area contributed by atoms with Crippen LogP contribution in [0.15, 0.2) is 108 Å². The van der Waals surface area contributed by atoms with Crippen molar-refractivity contribution in [3.8, 4) is 0 Å². The molecule has 4 aliphatic heterocycles. The van der Waals surface area contributed by atoms with Gasteiger partial charge in [0.25, 0.3) is 0 Å². The van der Waals surface area contributed by atoms with Gasteiger partial charge in [-0.25, -0.2) is 28.8 Å². The first-order valence-corrected chi connectivity index (χ1v) is 41.5. The van der Waals surface area contributed by atoms with Crippen molar-refractivity contribution in [3.05, 3.63) is 119 Å². The van der Waals surface area contributed by atoms with Crippen LogP contribution >= 0.6 is 0 Å². The SMILES string of the molecule is C=C[C@@H]1O[C@H]2C[C@H]3OC[C@@]3(OC(C)=O)[C@H]3[C@H](OC(=O)c4ccccc4)[C@]4(O)C[C@H](OC(=O)[C@@H](O)[C@H](CC(C)C)NC(=O)OC(C)(C)C)C(C)=C([C@H](C)[C@H](O1)[C@]23C)C4(C)C.C=C[C@H]1O[C@H]2C[C@H]3OC[C@@]3(OC(C)=O)[C@H]3[C@H](OC(=O)c4ccccc4)[C@]4(O)C[C@H](OC(=O)[C@@H](O)[C@H](CC(C)C)NC(=O)OC(C)(C)C)C(C)=C([C@H](C)[C@H](O1)[C@]23C)C4(C)C. The van der Waals surface area contributed by atoms with Crippen molar-refractivity contribution in [2.24, 2.45) is 57.2 Å². The van der Waals surface area contributed by atoms with E-state index in [2.05, 4.69) is 23.8 Å². The third-order valence-corrected chi connectivity index (χ3v) is 27.0. The van der Waals surface area contributed by atoms with Crippen molar-refractivity contribution in [3.63, 3.8) is 0 Å². The number of rotatable bonds is 20. The molecule has 2 aromatic carbocycles. The highest BCUT2D eigenvalue weighted by Crippen LogP contribution is 2.71. The lowest BCUT2D eigenvalue weighted by Crippen LogP contribution is -2.83. The van der Waals surface area contributed by atoms with Crippen LogP contribution in [0.3, 0.4) is 0 Å². The van der Waals surface area contributed by atoms with Gasteiger partial charge in [0.05, 0.1) is 72.7 Å². The zero-order valence-electron chi connectivity index (χ0n) is 72.5. The summed E-state index contributed by atoms with van der Waals surface area (Å²) >= 11 is 0. The lowest BCUT2D eigenvalue weighted by atomic mass is 9.43. The second-order valence-electron chi connectivity index (χ2n) is 38.6. The Morgan fingerprint density at radius 1 is 0.525 bits per heavy atom. The second kappa shape index (κ2) is 33.3. The summed E-state index contributed by atoms with van der Waals surface area (Å²) in [6, 6.07) is 14.6. The van der Waals surface area contributed by atoms with E-state index < -0.39 is 225 Å². The van der Waals surface area contributed by atoms with E-state index in [0.717, 1.165) is 0 Å². The van der Waals surface area contributed by atoms with E-state index in [1.54, 1.807) is 114 Å². The van der Waals surface area contributed by atoms with Gasteiger partial charge in [-0.1, -0.05) is 144 Å². The Morgan fingerprint density at radius 2 is 0.856 bits per heavy atom. The molecule has 28 nitrogen and oxygen atoms in total. The fourth-order valence-electron chi connectivity index (χ4n) is 22.0. The van der Waals surface area contributed by atoms with E-state index in [9.17, 15) is 58.8 Å². The molecule has 6 aliphatic carbocycles. The van der Waals surface area contributed by atoms with Crippen molar-refractivity contribution in [1.82, 2.24) is 10.6 Å². The number of hydrogen-bond acceptors (Lipinski definition) is 26. The number of aliphatic hydroxyl groups is 4. The lowest BCUT2D eigenvalue weighted by Gasteiger charge is -2.71. The van der Waals surface area contributed by atoms with Gasteiger partial charge in [-0.15, -0.1) is 0 Å². The van der Waals surface area contributed by atoms with Crippen LogP contribution in [0.25, 0.3) is 0 Å². The van der Waals surface area contributed by atoms with Gasteiger partial charge < -0.3 is 97.4 Å². The van der Waals surface area contributed by atoms with E-state index in [4.69, 9.17) is 66.3 Å². The minimum absolute atomic E-state index is 0.0405. The molecule has 28 heteroatoms. The van der Waals surface area contributed by atoms with Crippen LogP contribution in [-0.4, -0.2) is 213 Å². The Morgan fingerprint density at radius 3 is 1.14 bits per heavy atom. The fraction of sp³-hybridized carbons (Fsp3) is 0.689. The number of amides is 2. The molecule has 4 bridgehead atoms. The van der Waals surface area contributed by atoms with Crippen molar-refractivity contribution >= 4 is 48.0 Å². The summed E-state index contributed by atoms with van der Waals surface area (Å²) in [7, 11) is 0. The van der Waals surface area contributed by atoms with Gasteiger partial charge in [-0.05, 0) is 128 Å². The molecule has 4 saturated heterocycles. The van der Waals surface area contributed by atoms with Crippen molar-refractivity contribution < 1.29 is 125 Å². The molecule has 26 atom stereocenters. The number of ether oxygens (including phenoxy) is 14. The first-order chi connectivity index (χ1) is 54.8. The molecule has 652 valence electrons. The summed E-state index contributed by atoms with van der Waals surface area (Å²) in [5.41, 5.74) is -9.92. The standard InChI is InChI=1S/2C45H63NO13/c2*1-13-32-55-30-20-31-44(22-53-31,58-26(6)47)35-37(57-38(49)27-17-15-14-16-18-27)45(52)21-29(24(4)33(42(45,10)11)25(5)36(56-32)43(30,35)12)54-39(50)34(48)28(19-23(2)3)46-40(51)59-41(7,8)9/h2*13-18,23,25,28-32,34-37,48,52H,1,19-22H2,2-12H3,(H,46,51)/t25-,28-,29-,30-,31+,32+,34-,35-,36-,37-,43+,44-,45+;25-,28-,29-,30-,31+,32-,34-,35-,36-,37-,43+,44-,45+/m00/s1. The average Bonchev–Trinajstić information content (AvgIpc) is 0.667. The Balaban J connectivity index is 0.000000231. The number of alkyl carbamates (subject to hydrolysis) is 2. The van der Waals surface area contributed by atoms with Crippen LogP contribution in [0.1, 0.15) is 212 Å². The minimum Gasteiger partial charge on any atom is -0.456 e. The minimum atomic E-state index is -2.02. The number of benzene rings is 2. The Kier molecular flexibility index (Phi) is 25.7. The van der Waals surface area contributed by atoms with E-state index in [1.165, 1.54) is 13.8 Å². The molecular formula is C90H126N2O26. The fourth-order valence-corrected chi connectivity index (χ4v) is 22.0. The Labute approximate surface area is 692 Å². The van der Waals surface area contributed by atoms with Gasteiger partial charge in [0, 0.05) is 73.0 Å². The maximum atomic E-state index is 14.4. The smallest absolute Gasteiger partial charge is 0.407 e. The van der Waals surface area contributed by atoms with Crippen LogP contribution in [0, 0.1) is 57.2 Å². The molecule has 4 heterocycles. The van der Waals surface area contributed by atoms with Crippen LogP contribution in [0.5, 0.6) is 0 Å². The summed E-state index contributed by atoms with van der Waals surface area (Å²) in [6.07, 6.45) is -12.4. The Bertz CT molecular complexity index is 3940. The highest BCUT2D eigenvalue weighted by atomic mass is 16.7. The molecule has 4 saturated carbocycles. The quantitative estimate of drug-likeness (QED) is 0.0407. The number of esters is 6. The maximum Gasteiger partial charge on any atom is 0.407 e. The third kappa shape index (κ3) is 16.4. The summed E-state index contributed by atoms with van der Waals surface area (Å²) in [5, 5.41) is 56.0. The van der Waals surface area contributed by atoms with Crippen molar-refractivity contribution in [2.45, 2.75) is 322 Å². The first kappa shape index (κ1) is 91.1. The number of aliphatic hydroxyl groups excluding tert-OH is 2. The van der Waals surface area contributed by atoms with Crippen molar-refractivity contribution in [1.29, 1.82) is 0 Å². The van der Waals surface area contributed by atoms with Crippen LogP contribution in [0.4, 0.5) is 9.59 Å². The Hall–Kier alpha value is -7.64. The van der Waals surface area contributed by atoms with E-state index >= 15 is 0 Å². The van der Waals surface area contributed by atoms with E-state index in [1.807, 2.05) is 96.9 Å². The maximum absolute atomic E-state index is 14.4. The third-order valence-electron chi connectivity index (χ3n) is 27.0. The molecule has 12 rings (SSSR count). The predicted octanol–water partition coefficient (Wildman–Crippen LogP) is 11.1. The summed E-state index contributed by atoms with van der Waals surface area (Å²) in [4.78, 5) is 109. The molecule has 118 heavy (non-hydrogen) atoms. The first-order valence-electron chi connectivity index (χ1n) is 41.5. The molecule has 2 aromatic rings. The van der Waals surface area contributed by atoms with Gasteiger partial charge in [0.15, 0.2) is 36.0 Å². The molecule has 10 aliphatic rings. The number of hydrogen-bond donors (Lipinski definition) is 6. The van der Waals surface area contributed by atoms with E-state index in [-0.39, 0.29) is 61.9 Å². The number of carbonyl (C=O) groups is 8. The normalized spacial score (nSPS) is 36.8. The summed E-state index contributed by atoms with van der Waals surface area (Å²) < 4.78 is 88.3. The molecule has 0 spiro atoms. The van der Waals surface area contributed by atoms with Crippen LogP contribution in [0.2, 0.25) is 0 Å². The van der Waals surface area contributed by atoms with Gasteiger partial charge in [0.1, 0.15) is 59.0 Å². The second-order valence-corrected chi connectivity index (χ2v) is 38.6. The number of nitrogens with one attached hydrogen (secondary N) is 2. The zero-order chi connectivity index (χ0) is 87.2. The largest absolute Gasteiger partial charge is 0.456 e. The molecular weight excluding hydrogens is 1520 g/mol. The molecule has 6 N–H and O–H groups in total. The van der Waals surface area contributed by atoms with Crippen LogP contribution < -0.4 is 10.6 Å². The van der Waals surface area contributed by atoms with Crippen LogP contribution in [-0.2, 0) is 85.5 Å².